The topological polar surface area (TPSA) is 122 Å². The molecule has 12 heteroatoms. The third-order valence-electron chi connectivity index (χ3n) is 5.15. The lowest BCUT2D eigenvalue weighted by Gasteiger charge is -2.17. The Morgan fingerprint density at radius 3 is 2.29 bits per heavy atom. The maximum Gasteiger partial charge on any atom is 0.416 e. The summed E-state index contributed by atoms with van der Waals surface area (Å²) in [6.07, 6.45) is -4.45. The van der Waals surface area contributed by atoms with Crippen molar-refractivity contribution < 1.29 is 35.9 Å². The highest BCUT2D eigenvalue weighted by molar-refractivity contribution is 7.89. The predicted molar refractivity (Wildman–Crippen MR) is 116 cm³/mol. The summed E-state index contributed by atoms with van der Waals surface area (Å²) < 4.78 is 71.7. The second-order valence-electron chi connectivity index (χ2n) is 7.90. The van der Waals surface area contributed by atoms with Crippen molar-refractivity contribution in [1.29, 1.82) is 0 Å². The minimum atomic E-state index is -4.45. The summed E-state index contributed by atoms with van der Waals surface area (Å²) in [5.74, 6) is -1.81. The summed E-state index contributed by atoms with van der Waals surface area (Å²) in [5, 5.41) is 9.29. The van der Waals surface area contributed by atoms with Gasteiger partial charge in [0.15, 0.2) is 10.6 Å². The maximum atomic E-state index is 12.8. The van der Waals surface area contributed by atoms with Gasteiger partial charge in [0.25, 0.3) is 10.0 Å². The molecular formula is C22H18F3N3O5S. The normalized spacial score (nSPS) is 13.6. The Balaban J connectivity index is 1.72. The van der Waals surface area contributed by atoms with E-state index in [9.17, 15) is 31.5 Å². The zero-order valence-corrected chi connectivity index (χ0v) is 18.6. The van der Waals surface area contributed by atoms with E-state index < -0.39 is 39.7 Å². The number of aromatic nitrogens is 2. The van der Waals surface area contributed by atoms with E-state index in [1.807, 2.05) is 0 Å². The maximum absolute atomic E-state index is 12.8. The van der Waals surface area contributed by atoms with Crippen LogP contribution < -0.4 is 4.72 Å². The Morgan fingerprint density at radius 2 is 1.71 bits per heavy atom. The molecule has 2 N–H and O–H groups in total. The minimum absolute atomic E-state index is 0.119. The Kier molecular flexibility index (Phi) is 5.82. The number of carboxylic acid groups (broad SMARTS) is 1. The number of rotatable bonds is 6. The number of carboxylic acids is 1. The van der Waals surface area contributed by atoms with E-state index in [1.54, 1.807) is 26.0 Å². The van der Waals surface area contributed by atoms with Gasteiger partial charge in [-0.3, -0.25) is 4.79 Å². The number of furan rings is 1. The van der Waals surface area contributed by atoms with Gasteiger partial charge >= 0.3 is 12.1 Å². The fourth-order valence-electron chi connectivity index (χ4n) is 3.35. The number of hydrogen-bond acceptors (Lipinski definition) is 6. The number of pyridine rings is 2. The molecule has 3 heterocycles. The number of alkyl halides is 3. The number of aliphatic carboxylic acids is 1. The van der Waals surface area contributed by atoms with Gasteiger partial charge in [0.05, 0.1) is 16.6 Å². The van der Waals surface area contributed by atoms with Gasteiger partial charge in [0.2, 0.25) is 5.71 Å². The smallest absolute Gasteiger partial charge is 0.416 e. The van der Waals surface area contributed by atoms with Crippen molar-refractivity contribution in [1.82, 2.24) is 14.7 Å². The molecule has 178 valence electrons. The fourth-order valence-corrected chi connectivity index (χ4v) is 4.63. The molecule has 4 aromatic rings. The van der Waals surface area contributed by atoms with E-state index in [2.05, 4.69) is 14.7 Å². The van der Waals surface area contributed by atoms with Crippen LogP contribution in [0.4, 0.5) is 13.2 Å². The molecule has 1 aromatic carbocycles. The van der Waals surface area contributed by atoms with Crippen LogP contribution in [0.5, 0.6) is 0 Å². The van der Waals surface area contributed by atoms with E-state index in [-0.39, 0.29) is 21.8 Å². The zero-order chi connectivity index (χ0) is 24.8. The molecule has 0 bridgehead atoms. The molecule has 3 aromatic heterocycles. The monoisotopic (exact) mass is 493 g/mol. The molecule has 0 aliphatic heterocycles. The van der Waals surface area contributed by atoms with E-state index in [4.69, 9.17) is 4.42 Å². The molecule has 34 heavy (non-hydrogen) atoms. The average molecular weight is 493 g/mol. The van der Waals surface area contributed by atoms with Crippen LogP contribution >= 0.6 is 0 Å². The lowest BCUT2D eigenvalue weighted by atomic mass is 10.1. The molecule has 0 aliphatic carbocycles. The Morgan fingerprint density at radius 1 is 1.03 bits per heavy atom. The highest BCUT2D eigenvalue weighted by Gasteiger charge is 2.30. The number of fused-ring (bicyclic) bond motifs is 3. The van der Waals surface area contributed by atoms with E-state index in [1.165, 1.54) is 24.3 Å². The lowest BCUT2D eigenvalue weighted by Crippen LogP contribution is -2.44. The molecule has 0 spiro atoms. The molecule has 0 aliphatic rings. The van der Waals surface area contributed by atoms with Crippen molar-refractivity contribution in [3.8, 4) is 11.3 Å². The summed E-state index contributed by atoms with van der Waals surface area (Å²) in [4.78, 5) is 19.9. The molecular weight excluding hydrogens is 475 g/mol. The molecule has 0 fully saturated rings. The highest BCUT2D eigenvalue weighted by Crippen LogP contribution is 2.32. The summed E-state index contributed by atoms with van der Waals surface area (Å²) in [5.41, 5.74) is 0.564. The molecule has 0 radical (unpaired) electrons. The van der Waals surface area contributed by atoms with E-state index in [0.29, 0.717) is 16.6 Å². The molecule has 0 amide bonds. The SMILES string of the molecule is CC(C)[C@@H](NS(=O)(=O)c1ccc2oc3nc(-c4ccc(C(F)(F)F)cc4)ccc3c2n1)C(=O)O. The average Bonchev–Trinajstić information content (AvgIpc) is 3.13. The van der Waals surface area contributed by atoms with Crippen LogP contribution in [0.1, 0.15) is 19.4 Å². The summed E-state index contributed by atoms with van der Waals surface area (Å²) in [6.45, 7) is 3.14. The third-order valence-corrected chi connectivity index (χ3v) is 6.50. The van der Waals surface area contributed by atoms with Gasteiger partial charge < -0.3 is 9.52 Å². The highest BCUT2D eigenvalue weighted by atomic mass is 32.2. The number of benzene rings is 1. The minimum Gasteiger partial charge on any atom is -0.480 e. The van der Waals surface area contributed by atoms with Crippen molar-refractivity contribution in [2.24, 2.45) is 5.92 Å². The Bertz CT molecular complexity index is 1500. The van der Waals surface area contributed by atoms with Gasteiger partial charge in [-0.2, -0.15) is 17.9 Å². The predicted octanol–water partition coefficient (Wildman–Crippen LogP) is 4.45. The molecule has 0 unspecified atom stereocenters. The summed E-state index contributed by atoms with van der Waals surface area (Å²) >= 11 is 0. The van der Waals surface area contributed by atoms with Crippen LogP contribution in [0.25, 0.3) is 33.5 Å². The van der Waals surface area contributed by atoms with Gasteiger partial charge in [0.1, 0.15) is 11.6 Å². The van der Waals surface area contributed by atoms with Gasteiger partial charge in [0, 0.05) is 5.56 Å². The standard InChI is InChI=1S/C22H18F3N3O5S/c1-11(2)18(21(29)30)28-34(31,32)17-10-9-16-19(27-17)14-7-8-15(26-20(14)33-16)12-3-5-13(6-4-12)22(23,24)25/h3-11,18,28H,1-2H3,(H,29,30)/t18-/m1/s1. The van der Waals surface area contributed by atoms with Crippen LogP contribution in [0.2, 0.25) is 0 Å². The molecule has 1 atom stereocenters. The first-order valence-electron chi connectivity index (χ1n) is 10.00. The van der Waals surface area contributed by atoms with Crippen molar-refractivity contribution in [2.75, 3.05) is 0 Å². The molecule has 4 rings (SSSR count). The number of carbonyl (C=O) groups is 1. The number of nitrogens with zero attached hydrogens (tertiary/aromatic N) is 2. The number of sulfonamides is 1. The first-order chi connectivity index (χ1) is 15.9. The lowest BCUT2D eigenvalue weighted by molar-refractivity contribution is -0.140. The van der Waals surface area contributed by atoms with Crippen LogP contribution in [-0.2, 0) is 21.0 Å². The second-order valence-corrected chi connectivity index (χ2v) is 9.56. The third kappa shape index (κ3) is 4.46. The fraction of sp³-hybridized carbons (Fsp3) is 0.227. The van der Waals surface area contributed by atoms with Crippen molar-refractivity contribution in [3.63, 3.8) is 0 Å². The van der Waals surface area contributed by atoms with E-state index in [0.717, 1.165) is 12.1 Å². The number of halogens is 3. The van der Waals surface area contributed by atoms with Crippen molar-refractivity contribution in [3.05, 3.63) is 54.1 Å². The van der Waals surface area contributed by atoms with Crippen molar-refractivity contribution >= 4 is 38.2 Å². The molecule has 0 saturated carbocycles. The van der Waals surface area contributed by atoms with Crippen molar-refractivity contribution in [2.45, 2.75) is 31.1 Å². The second kappa shape index (κ2) is 8.37. The zero-order valence-electron chi connectivity index (χ0n) is 17.8. The summed E-state index contributed by atoms with van der Waals surface area (Å²) in [6, 6.07) is 8.84. The Labute approximate surface area is 191 Å². The van der Waals surface area contributed by atoms with Gasteiger partial charge in [-0.1, -0.05) is 26.0 Å². The summed E-state index contributed by atoms with van der Waals surface area (Å²) in [7, 11) is -4.25. The van der Waals surface area contributed by atoms with Gasteiger partial charge in [-0.15, -0.1) is 0 Å². The largest absolute Gasteiger partial charge is 0.480 e. The van der Waals surface area contributed by atoms with Crippen LogP contribution in [0.3, 0.4) is 0 Å². The van der Waals surface area contributed by atoms with Crippen LogP contribution in [0, 0.1) is 5.92 Å². The number of nitrogens with one attached hydrogen (secondary N) is 1. The number of hydrogen-bond donors (Lipinski definition) is 2. The Hall–Kier alpha value is -3.51. The van der Waals surface area contributed by atoms with Crippen LogP contribution in [-0.4, -0.2) is 35.5 Å². The van der Waals surface area contributed by atoms with E-state index >= 15 is 0 Å². The molecule has 0 saturated heterocycles. The first kappa shape index (κ1) is 23.6. The van der Waals surface area contributed by atoms with Gasteiger partial charge in [-0.05, 0) is 42.3 Å². The molecule has 8 nitrogen and oxygen atoms in total. The first-order valence-corrected chi connectivity index (χ1v) is 11.5. The quantitative estimate of drug-likeness (QED) is 0.407. The van der Waals surface area contributed by atoms with Gasteiger partial charge in [-0.25, -0.2) is 18.4 Å². The van der Waals surface area contributed by atoms with Crippen LogP contribution in [0.15, 0.2) is 58.0 Å².